The monoisotopic (exact) mass is 164 g/mol. The minimum Gasteiger partial charge on any atom is -0.465 e. The first-order valence-electron chi connectivity index (χ1n) is 3.80. The van der Waals surface area contributed by atoms with E-state index in [0.717, 1.165) is 5.56 Å². The van der Waals surface area contributed by atoms with Crippen LogP contribution in [0.4, 0.5) is 0 Å². The van der Waals surface area contributed by atoms with Crippen LogP contribution in [0.15, 0.2) is 18.2 Å². The minimum atomic E-state index is -0.280. The second-order valence-corrected chi connectivity index (χ2v) is 2.79. The molecule has 1 rings (SSSR count). The lowest BCUT2D eigenvalue weighted by atomic mass is 10.1. The molecule has 64 valence electrons. The van der Waals surface area contributed by atoms with Crippen molar-refractivity contribution in [2.24, 2.45) is 0 Å². The van der Waals surface area contributed by atoms with Crippen LogP contribution in [-0.4, -0.2) is 13.1 Å². The van der Waals surface area contributed by atoms with Gasteiger partial charge in [0.1, 0.15) is 0 Å². The van der Waals surface area contributed by atoms with Gasteiger partial charge >= 0.3 is 5.97 Å². The number of benzene rings is 1. The molecule has 0 radical (unpaired) electrons. The van der Waals surface area contributed by atoms with Crippen LogP contribution < -0.4 is 0 Å². The molecule has 0 N–H and O–H groups in total. The molecule has 0 saturated carbocycles. The van der Waals surface area contributed by atoms with Gasteiger partial charge in [-0.05, 0) is 37.1 Å². The summed E-state index contributed by atoms with van der Waals surface area (Å²) >= 11 is 0. The molecule has 0 aliphatic heterocycles. The molecule has 0 atom stereocenters. The topological polar surface area (TPSA) is 26.3 Å². The van der Waals surface area contributed by atoms with E-state index in [0.29, 0.717) is 5.56 Å². The summed E-state index contributed by atoms with van der Waals surface area (Å²) in [5, 5.41) is 0. The van der Waals surface area contributed by atoms with E-state index in [9.17, 15) is 4.79 Å². The molecule has 0 aromatic heterocycles. The van der Waals surface area contributed by atoms with Gasteiger partial charge in [-0.15, -0.1) is 0 Å². The van der Waals surface area contributed by atoms with Gasteiger partial charge in [0.05, 0.1) is 12.7 Å². The maximum absolute atomic E-state index is 11.1. The normalized spacial score (nSPS) is 9.58. The fraction of sp³-hybridized carbons (Fsp3) is 0.300. The zero-order chi connectivity index (χ0) is 9.14. The van der Waals surface area contributed by atoms with Gasteiger partial charge in [-0.3, -0.25) is 0 Å². The Labute approximate surface area is 72.2 Å². The van der Waals surface area contributed by atoms with Gasteiger partial charge in [0.25, 0.3) is 0 Å². The Morgan fingerprint density at radius 3 is 2.42 bits per heavy atom. The number of hydrogen-bond donors (Lipinski definition) is 0. The van der Waals surface area contributed by atoms with E-state index in [1.807, 2.05) is 26.0 Å². The summed E-state index contributed by atoms with van der Waals surface area (Å²) in [7, 11) is 1.39. The van der Waals surface area contributed by atoms with Crippen molar-refractivity contribution in [1.82, 2.24) is 0 Å². The van der Waals surface area contributed by atoms with Crippen molar-refractivity contribution in [2.75, 3.05) is 7.11 Å². The second-order valence-electron chi connectivity index (χ2n) is 2.79. The number of carbonyl (C=O) groups is 1. The number of ether oxygens (including phenoxy) is 1. The Balaban J connectivity index is 3.05. The van der Waals surface area contributed by atoms with Gasteiger partial charge in [-0.2, -0.15) is 0 Å². The van der Waals surface area contributed by atoms with Crippen molar-refractivity contribution >= 4 is 5.97 Å². The molecule has 0 fully saturated rings. The average Bonchev–Trinajstić information content (AvgIpc) is 2.08. The van der Waals surface area contributed by atoms with E-state index in [1.165, 1.54) is 12.7 Å². The summed E-state index contributed by atoms with van der Waals surface area (Å²) in [5.74, 6) is -0.280. The highest BCUT2D eigenvalue weighted by atomic mass is 16.5. The van der Waals surface area contributed by atoms with E-state index in [2.05, 4.69) is 4.74 Å². The molecule has 0 amide bonds. The molecule has 0 spiro atoms. The Bertz CT molecular complexity index is 303. The first-order chi connectivity index (χ1) is 5.65. The van der Waals surface area contributed by atoms with E-state index in [1.54, 1.807) is 6.07 Å². The maximum Gasteiger partial charge on any atom is 0.337 e. The quantitative estimate of drug-likeness (QED) is 0.594. The molecule has 2 heteroatoms. The SMILES string of the molecule is COC(=O)c1ccc(C)c(C)c1. The average molecular weight is 164 g/mol. The lowest BCUT2D eigenvalue weighted by Crippen LogP contribution is -2.01. The van der Waals surface area contributed by atoms with Crippen molar-refractivity contribution < 1.29 is 9.53 Å². The number of methoxy groups -OCH3 is 1. The van der Waals surface area contributed by atoms with E-state index in [4.69, 9.17) is 0 Å². The standard InChI is InChI=1S/C10H12O2/c1-7-4-5-9(6-8(7)2)10(11)12-3/h4-6H,1-3H3. The highest BCUT2D eigenvalue weighted by Crippen LogP contribution is 2.10. The Hall–Kier alpha value is -1.31. The van der Waals surface area contributed by atoms with Crippen LogP contribution in [-0.2, 0) is 4.74 Å². The summed E-state index contributed by atoms with van der Waals surface area (Å²) in [4.78, 5) is 11.1. The third-order valence-electron chi connectivity index (χ3n) is 1.93. The van der Waals surface area contributed by atoms with Crippen LogP contribution in [0.5, 0.6) is 0 Å². The Morgan fingerprint density at radius 1 is 1.25 bits per heavy atom. The van der Waals surface area contributed by atoms with Gasteiger partial charge in [-0.1, -0.05) is 6.07 Å². The van der Waals surface area contributed by atoms with E-state index in [-0.39, 0.29) is 5.97 Å². The van der Waals surface area contributed by atoms with Crippen LogP contribution in [0.25, 0.3) is 0 Å². The Morgan fingerprint density at radius 2 is 1.92 bits per heavy atom. The van der Waals surface area contributed by atoms with Gasteiger partial charge in [0.15, 0.2) is 0 Å². The third kappa shape index (κ3) is 1.64. The van der Waals surface area contributed by atoms with Crippen molar-refractivity contribution in [3.05, 3.63) is 34.9 Å². The summed E-state index contributed by atoms with van der Waals surface area (Å²) in [6.07, 6.45) is 0. The van der Waals surface area contributed by atoms with Crippen LogP contribution in [0.3, 0.4) is 0 Å². The van der Waals surface area contributed by atoms with Gasteiger partial charge in [-0.25, -0.2) is 4.79 Å². The van der Waals surface area contributed by atoms with Crippen molar-refractivity contribution in [1.29, 1.82) is 0 Å². The fourth-order valence-corrected chi connectivity index (χ4v) is 0.986. The molecule has 1 aromatic rings. The zero-order valence-electron chi connectivity index (χ0n) is 7.55. The molecule has 0 saturated heterocycles. The molecule has 0 aliphatic carbocycles. The second kappa shape index (κ2) is 3.39. The lowest BCUT2D eigenvalue weighted by Gasteiger charge is -2.02. The summed E-state index contributed by atoms with van der Waals surface area (Å²) in [5.41, 5.74) is 2.90. The van der Waals surface area contributed by atoms with Crippen LogP contribution >= 0.6 is 0 Å². The predicted octanol–water partition coefficient (Wildman–Crippen LogP) is 2.09. The highest BCUT2D eigenvalue weighted by molar-refractivity contribution is 5.89. The highest BCUT2D eigenvalue weighted by Gasteiger charge is 2.04. The van der Waals surface area contributed by atoms with Gasteiger partial charge < -0.3 is 4.74 Å². The van der Waals surface area contributed by atoms with Crippen LogP contribution in [0, 0.1) is 13.8 Å². The first kappa shape index (κ1) is 8.78. The number of hydrogen-bond acceptors (Lipinski definition) is 2. The van der Waals surface area contributed by atoms with E-state index < -0.39 is 0 Å². The summed E-state index contributed by atoms with van der Waals surface area (Å²) in [6.45, 7) is 3.98. The van der Waals surface area contributed by atoms with E-state index >= 15 is 0 Å². The van der Waals surface area contributed by atoms with Crippen molar-refractivity contribution in [3.8, 4) is 0 Å². The molecular formula is C10H12O2. The van der Waals surface area contributed by atoms with Crippen molar-refractivity contribution in [3.63, 3.8) is 0 Å². The molecule has 0 heterocycles. The minimum absolute atomic E-state index is 0.280. The van der Waals surface area contributed by atoms with Crippen LogP contribution in [0.2, 0.25) is 0 Å². The fourth-order valence-electron chi connectivity index (χ4n) is 0.986. The lowest BCUT2D eigenvalue weighted by molar-refractivity contribution is 0.0600. The van der Waals surface area contributed by atoms with Gasteiger partial charge in [0.2, 0.25) is 0 Å². The smallest absolute Gasteiger partial charge is 0.337 e. The molecule has 2 nitrogen and oxygen atoms in total. The first-order valence-corrected chi connectivity index (χ1v) is 3.80. The molecule has 0 bridgehead atoms. The zero-order valence-corrected chi connectivity index (χ0v) is 7.55. The molecule has 1 aromatic carbocycles. The number of rotatable bonds is 1. The molecule has 0 unspecified atom stereocenters. The summed E-state index contributed by atoms with van der Waals surface area (Å²) < 4.78 is 4.59. The number of esters is 1. The van der Waals surface area contributed by atoms with Crippen molar-refractivity contribution in [2.45, 2.75) is 13.8 Å². The van der Waals surface area contributed by atoms with Crippen LogP contribution in [0.1, 0.15) is 21.5 Å². The molecular weight excluding hydrogens is 152 g/mol. The predicted molar refractivity (Wildman–Crippen MR) is 47.3 cm³/mol. The maximum atomic E-state index is 11.1. The molecule has 0 aliphatic rings. The summed E-state index contributed by atoms with van der Waals surface area (Å²) in [6, 6.07) is 5.52. The van der Waals surface area contributed by atoms with Gasteiger partial charge in [0, 0.05) is 0 Å². The number of aryl methyl sites for hydroxylation is 2. The third-order valence-corrected chi connectivity index (χ3v) is 1.93. The number of carbonyl (C=O) groups excluding carboxylic acids is 1. The largest absolute Gasteiger partial charge is 0.465 e. The Kier molecular flexibility index (Phi) is 2.48. The molecule has 12 heavy (non-hydrogen) atoms.